The smallest absolute Gasteiger partial charge is 0.242 e. The van der Waals surface area contributed by atoms with Gasteiger partial charge in [0.15, 0.2) is 0 Å². The fourth-order valence-electron chi connectivity index (χ4n) is 3.53. The van der Waals surface area contributed by atoms with E-state index in [0.29, 0.717) is 24.4 Å². The molecule has 0 fully saturated rings. The Balaban J connectivity index is 2.17. The van der Waals surface area contributed by atoms with Gasteiger partial charge in [0.1, 0.15) is 11.8 Å². The van der Waals surface area contributed by atoms with Gasteiger partial charge >= 0.3 is 0 Å². The number of rotatable bonds is 11. The summed E-state index contributed by atoms with van der Waals surface area (Å²) < 4.78 is 31.2. The number of carbonyl (C=O) groups is 2. The molecule has 2 rings (SSSR count). The Kier molecular flexibility index (Phi) is 9.28. The molecule has 180 valence electrons. The molecular weight excluding hydrogens is 442 g/mol. The van der Waals surface area contributed by atoms with Crippen molar-refractivity contribution in [3.8, 4) is 5.75 Å². The van der Waals surface area contributed by atoms with Crippen molar-refractivity contribution in [2.75, 3.05) is 31.3 Å². The third kappa shape index (κ3) is 7.21. The van der Waals surface area contributed by atoms with Gasteiger partial charge in [0.05, 0.1) is 19.1 Å². The summed E-state index contributed by atoms with van der Waals surface area (Å²) in [5.41, 5.74) is 2.45. The second kappa shape index (κ2) is 11.7. The Morgan fingerprint density at radius 1 is 1.12 bits per heavy atom. The number of nitrogens with one attached hydrogen (secondary N) is 1. The highest BCUT2D eigenvalue weighted by atomic mass is 32.2. The predicted octanol–water partition coefficient (Wildman–Crippen LogP) is 2.71. The van der Waals surface area contributed by atoms with E-state index in [1.807, 2.05) is 31.2 Å². The van der Waals surface area contributed by atoms with Gasteiger partial charge in [-0.1, -0.05) is 30.3 Å². The highest BCUT2D eigenvalue weighted by Crippen LogP contribution is 2.24. The van der Waals surface area contributed by atoms with E-state index in [4.69, 9.17) is 4.74 Å². The van der Waals surface area contributed by atoms with E-state index in [1.165, 1.54) is 23.4 Å². The van der Waals surface area contributed by atoms with Crippen LogP contribution in [0.1, 0.15) is 30.9 Å². The summed E-state index contributed by atoms with van der Waals surface area (Å²) in [5.74, 6) is 0.0700. The summed E-state index contributed by atoms with van der Waals surface area (Å²) in [7, 11) is -0.512. The average Bonchev–Trinajstić information content (AvgIpc) is 2.79. The standard InChI is InChI=1S/C24H33N3O5S/c1-18-10-6-7-11-20(18)17-26(19(2)24(29)25-3)23(28)14-9-15-27(33(5,30)31)21-12-8-13-22(16-21)32-4/h6-8,10-13,16,19H,9,14-15,17H2,1-5H3,(H,25,29). The first-order valence-corrected chi connectivity index (χ1v) is 12.6. The Labute approximate surface area is 196 Å². The summed E-state index contributed by atoms with van der Waals surface area (Å²) >= 11 is 0. The van der Waals surface area contributed by atoms with Crippen LogP contribution in [-0.2, 0) is 26.2 Å². The lowest BCUT2D eigenvalue weighted by atomic mass is 10.1. The highest BCUT2D eigenvalue weighted by molar-refractivity contribution is 7.92. The second-order valence-corrected chi connectivity index (χ2v) is 9.79. The maximum absolute atomic E-state index is 13.1. The summed E-state index contributed by atoms with van der Waals surface area (Å²) in [5, 5.41) is 2.59. The topological polar surface area (TPSA) is 96.0 Å². The number of methoxy groups -OCH3 is 1. The van der Waals surface area contributed by atoms with Gasteiger partial charge in [0, 0.05) is 32.6 Å². The largest absolute Gasteiger partial charge is 0.497 e. The number of hydrogen-bond donors (Lipinski definition) is 1. The molecule has 2 aromatic rings. The van der Waals surface area contributed by atoms with Crippen LogP contribution in [-0.4, -0.2) is 58.1 Å². The van der Waals surface area contributed by atoms with Gasteiger partial charge in [0.25, 0.3) is 0 Å². The maximum atomic E-state index is 13.1. The number of likely N-dealkylation sites (N-methyl/N-ethyl adjacent to an activating group) is 1. The molecule has 0 saturated carbocycles. The Bertz CT molecular complexity index is 1070. The van der Waals surface area contributed by atoms with Crippen LogP contribution >= 0.6 is 0 Å². The molecule has 0 spiro atoms. The maximum Gasteiger partial charge on any atom is 0.242 e. The third-order valence-corrected chi connectivity index (χ3v) is 6.70. The van der Waals surface area contributed by atoms with Crippen LogP contribution in [0.3, 0.4) is 0 Å². The van der Waals surface area contributed by atoms with Crippen LogP contribution in [0.25, 0.3) is 0 Å². The van der Waals surface area contributed by atoms with E-state index in [0.717, 1.165) is 17.4 Å². The van der Waals surface area contributed by atoms with E-state index in [-0.39, 0.29) is 24.8 Å². The van der Waals surface area contributed by atoms with Crippen molar-refractivity contribution in [2.45, 2.75) is 39.3 Å². The summed E-state index contributed by atoms with van der Waals surface area (Å²) in [4.78, 5) is 27.0. The number of aryl methyl sites for hydroxylation is 1. The molecule has 33 heavy (non-hydrogen) atoms. The first-order valence-electron chi connectivity index (χ1n) is 10.8. The number of ether oxygens (including phenoxy) is 1. The fourth-order valence-corrected chi connectivity index (χ4v) is 4.49. The molecule has 1 atom stereocenters. The van der Waals surface area contributed by atoms with Crippen LogP contribution in [0, 0.1) is 6.92 Å². The molecule has 0 aromatic heterocycles. The lowest BCUT2D eigenvalue weighted by Crippen LogP contribution is -2.47. The number of nitrogens with zero attached hydrogens (tertiary/aromatic N) is 2. The number of benzene rings is 2. The third-order valence-electron chi connectivity index (χ3n) is 5.51. The molecule has 0 aliphatic heterocycles. The van der Waals surface area contributed by atoms with E-state index in [1.54, 1.807) is 31.2 Å². The molecule has 8 nitrogen and oxygen atoms in total. The molecule has 0 saturated heterocycles. The molecule has 1 unspecified atom stereocenters. The number of carbonyl (C=O) groups excluding carboxylic acids is 2. The quantitative estimate of drug-likeness (QED) is 0.539. The van der Waals surface area contributed by atoms with Gasteiger partial charge in [-0.15, -0.1) is 0 Å². The van der Waals surface area contributed by atoms with Crippen molar-refractivity contribution in [3.63, 3.8) is 0 Å². The van der Waals surface area contributed by atoms with Crippen LogP contribution in [0.5, 0.6) is 5.75 Å². The fraction of sp³-hybridized carbons (Fsp3) is 0.417. The summed E-state index contributed by atoms with van der Waals surface area (Å²) in [6.07, 6.45) is 1.53. The van der Waals surface area contributed by atoms with Crippen LogP contribution < -0.4 is 14.4 Å². The number of anilines is 1. The van der Waals surface area contributed by atoms with Gasteiger partial charge in [-0.05, 0) is 43.5 Å². The van der Waals surface area contributed by atoms with Gasteiger partial charge in [-0.3, -0.25) is 13.9 Å². The molecule has 9 heteroatoms. The normalized spacial score (nSPS) is 12.0. The number of sulfonamides is 1. The van der Waals surface area contributed by atoms with Crippen LogP contribution in [0.15, 0.2) is 48.5 Å². The molecule has 1 N–H and O–H groups in total. The number of hydrogen-bond acceptors (Lipinski definition) is 5. The molecule has 2 aromatic carbocycles. The first kappa shape index (κ1) is 26.2. The zero-order chi connectivity index (χ0) is 24.6. The van der Waals surface area contributed by atoms with Gasteiger partial charge < -0.3 is 15.0 Å². The van der Waals surface area contributed by atoms with Crippen molar-refractivity contribution >= 4 is 27.5 Å². The predicted molar refractivity (Wildman–Crippen MR) is 130 cm³/mol. The van der Waals surface area contributed by atoms with E-state index >= 15 is 0 Å². The minimum atomic E-state index is -3.56. The van der Waals surface area contributed by atoms with Crippen molar-refractivity contribution in [1.82, 2.24) is 10.2 Å². The minimum absolute atomic E-state index is 0.100. The molecule has 0 aliphatic carbocycles. The average molecular weight is 476 g/mol. The monoisotopic (exact) mass is 475 g/mol. The van der Waals surface area contributed by atoms with E-state index < -0.39 is 16.1 Å². The zero-order valence-corrected chi connectivity index (χ0v) is 20.7. The number of amides is 2. The highest BCUT2D eigenvalue weighted by Gasteiger charge is 2.26. The Morgan fingerprint density at radius 3 is 2.42 bits per heavy atom. The lowest BCUT2D eigenvalue weighted by Gasteiger charge is -2.29. The zero-order valence-electron chi connectivity index (χ0n) is 19.9. The van der Waals surface area contributed by atoms with E-state index in [2.05, 4.69) is 5.32 Å². The molecule has 0 radical (unpaired) electrons. The van der Waals surface area contributed by atoms with Crippen molar-refractivity contribution in [3.05, 3.63) is 59.7 Å². The van der Waals surface area contributed by atoms with Crippen LogP contribution in [0.4, 0.5) is 5.69 Å². The Hall–Kier alpha value is -3.07. The molecule has 0 bridgehead atoms. The summed E-state index contributed by atoms with van der Waals surface area (Å²) in [6, 6.07) is 13.8. The lowest BCUT2D eigenvalue weighted by molar-refractivity contribution is -0.140. The molecule has 0 aliphatic rings. The molecular formula is C24H33N3O5S. The Morgan fingerprint density at radius 2 is 1.82 bits per heavy atom. The van der Waals surface area contributed by atoms with Gasteiger partial charge in [-0.2, -0.15) is 0 Å². The van der Waals surface area contributed by atoms with Crippen LogP contribution in [0.2, 0.25) is 0 Å². The second-order valence-electron chi connectivity index (χ2n) is 7.88. The minimum Gasteiger partial charge on any atom is -0.497 e. The first-order chi connectivity index (χ1) is 15.6. The molecule has 0 heterocycles. The van der Waals surface area contributed by atoms with E-state index in [9.17, 15) is 18.0 Å². The SMILES string of the molecule is CNC(=O)C(C)N(Cc1ccccc1C)C(=O)CCCN(c1cccc(OC)c1)S(C)(=O)=O. The summed E-state index contributed by atoms with van der Waals surface area (Å²) in [6.45, 7) is 4.07. The van der Waals surface area contributed by atoms with Crippen molar-refractivity contribution < 1.29 is 22.7 Å². The van der Waals surface area contributed by atoms with Crippen molar-refractivity contribution in [2.24, 2.45) is 0 Å². The van der Waals surface area contributed by atoms with Crippen molar-refractivity contribution in [1.29, 1.82) is 0 Å². The molecule has 2 amide bonds. The van der Waals surface area contributed by atoms with Gasteiger partial charge in [0.2, 0.25) is 21.8 Å². The van der Waals surface area contributed by atoms with Gasteiger partial charge in [-0.25, -0.2) is 8.42 Å².